The van der Waals surface area contributed by atoms with E-state index in [1.807, 2.05) is 12.1 Å². The van der Waals surface area contributed by atoms with Crippen LogP contribution in [-0.4, -0.2) is 8.07 Å². The molecule has 0 heterocycles. The van der Waals surface area contributed by atoms with E-state index in [1.54, 1.807) is 5.19 Å². The number of unbranched alkanes of at least 4 members (excludes halogenated alkanes) is 2. The summed E-state index contributed by atoms with van der Waals surface area (Å²) in [5.74, 6) is 0. The van der Waals surface area contributed by atoms with Gasteiger partial charge in [-0.15, -0.1) is 0 Å². The molecule has 0 saturated carbocycles. The average molecular weight is 205 g/mol. The third kappa shape index (κ3) is 3.30. The molecule has 1 radical (unpaired) electrons. The van der Waals surface area contributed by atoms with Crippen molar-refractivity contribution in [2.45, 2.75) is 45.3 Å². The Labute approximate surface area is 89.4 Å². The molecule has 0 aliphatic rings. The van der Waals surface area contributed by atoms with E-state index in [0.717, 1.165) is 0 Å². The molecule has 1 rings (SSSR count). The maximum atomic E-state index is 3.09. The van der Waals surface area contributed by atoms with Gasteiger partial charge in [-0.2, -0.15) is 0 Å². The van der Waals surface area contributed by atoms with Crippen LogP contribution >= 0.6 is 0 Å². The molecule has 14 heavy (non-hydrogen) atoms. The maximum Gasteiger partial charge on any atom is 0.0806 e. The van der Waals surface area contributed by atoms with E-state index in [-0.39, 0.29) is 0 Å². The van der Waals surface area contributed by atoms with Gasteiger partial charge in [-0.05, 0) is 6.07 Å². The molecule has 0 fully saturated rings. The second-order valence-corrected chi connectivity index (χ2v) is 9.47. The molecule has 0 spiro atoms. The number of hydrogen-bond donors (Lipinski definition) is 0. The van der Waals surface area contributed by atoms with Crippen LogP contribution < -0.4 is 5.19 Å². The molecule has 0 amide bonds. The summed E-state index contributed by atoms with van der Waals surface area (Å²) in [6, 6.07) is 13.1. The fourth-order valence-corrected chi connectivity index (χ4v) is 4.29. The molecule has 0 atom stereocenters. The van der Waals surface area contributed by atoms with Gasteiger partial charge in [-0.25, -0.2) is 0 Å². The normalized spacial score (nSPS) is 11.6. The van der Waals surface area contributed by atoms with Crippen molar-refractivity contribution < 1.29 is 0 Å². The summed E-state index contributed by atoms with van der Waals surface area (Å²) in [4.78, 5) is 0. The van der Waals surface area contributed by atoms with Crippen molar-refractivity contribution in [1.82, 2.24) is 0 Å². The van der Waals surface area contributed by atoms with E-state index in [4.69, 9.17) is 0 Å². The predicted octanol–water partition coefficient (Wildman–Crippen LogP) is 3.59. The van der Waals surface area contributed by atoms with Gasteiger partial charge < -0.3 is 0 Å². The molecule has 0 unspecified atom stereocenters. The van der Waals surface area contributed by atoms with Gasteiger partial charge in [0.2, 0.25) is 0 Å². The van der Waals surface area contributed by atoms with Gasteiger partial charge in [0.15, 0.2) is 0 Å². The summed E-state index contributed by atoms with van der Waals surface area (Å²) in [6.45, 7) is 7.21. The second kappa shape index (κ2) is 5.35. The largest absolute Gasteiger partial charge is 0.0806 e. The van der Waals surface area contributed by atoms with E-state index in [2.05, 4.69) is 38.2 Å². The fraction of sp³-hybridized carbons (Fsp3) is 0.538. The topological polar surface area (TPSA) is 0 Å². The minimum Gasteiger partial charge on any atom is -0.0654 e. The van der Waals surface area contributed by atoms with Gasteiger partial charge in [-0.3, -0.25) is 0 Å². The Balaban J connectivity index is 2.56. The number of benzene rings is 1. The van der Waals surface area contributed by atoms with Gasteiger partial charge in [0.1, 0.15) is 0 Å². The van der Waals surface area contributed by atoms with Crippen molar-refractivity contribution in [3.63, 3.8) is 0 Å². The quantitative estimate of drug-likeness (QED) is 0.509. The molecular weight excluding hydrogens is 184 g/mol. The van der Waals surface area contributed by atoms with Gasteiger partial charge in [0.05, 0.1) is 8.07 Å². The van der Waals surface area contributed by atoms with Crippen molar-refractivity contribution in [3.05, 3.63) is 30.3 Å². The lowest BCUT2D eigenvalue weighted by Crippen LogP contribution is -2.40. The monoisotopic (exact) mass is 205 g/mol. The molecule has 0 N–H and O–H groups in total. The van der Waals surface area contributed by atoms with Crippen LogP contribution in [0.15, 0.2) is 24.3 Å². The van der Waals surface area contributed by atoms with Crippen LogP contribution in [0.25, 0.3) is 0 Å². The van der Waals surface area contributed by atoms with Gasteiger partial charge >= 0.3 is 0 Å². The molecule has 0 bridgehead atoms. The third-order valence-corrected chi connectivity index (χ3v) is 6.40. The summed E-state index contributed by atoms with van der Waals surface area (Å²) < 4.78 is 0. The van der Waals surface area contributed by atoms with Gasteiger partial charge in [-0.1, -0.05) is 74.8 Å². The molecule has 0 aliphatic heterocycles. The maximum absolute atomic E-state index is 3.09. The Morgan fingerprint density at radius 1 is 1.14 bits per heavy atom. The summed E-state index contributed by atoms with van der Waals surface area (Å²) in [6.07, 6.45) is 4.11. The minimum absolute atomic E-state index is 1.14. The zero-order chi connectivity index (χ0) is 10.4. The van der Waals surface area contributed by atoms with Crippen LogP contribution in [-0.2, 0) is 0 Å². The smallest absolute Gasteiger partial charge is 0.0654 e. The molecule has 1 aromatic carbocycles. The van der Waals surface area contributed by atoms with Gasteiger partial charge in [0, 0.05) is 0 Å². The molecule has 1 aromatic rings. The van der Waals surface area contributed by atoms with E-state index < -0.39 is 8.07 Å². The first-order chi connectivity index (χ1) is 6.67. The standard InChI is InChI=1S/C13H21Si/c1-4-5-9-12-14(2,3)13-10-7-6-8-11-13/h7-8,10-11H,4-5,9,12H2,1-3H3. The van der Waals surface area contributed by atoms with Gasteiger partial charge in [0.25, 0.3) is 0 Å². The van der Waals surface area contributed by atoms with Crippen molar-refractivity contribution in [2.75, 3.05) is 0 Å². The average Bonchev–Trinajstić information content (AvgIpc) is 2.19. The molecule has 1 heteroatoms. The van der Waals surface area contributed by atoms with Crippen LogP contribution in [0.3, 0.4) is 0 Å². The molecule has 0 nitrogen and oxygen atoms in total. The van der Waals surface area contributed by atoms with Crippen molar-refractivity contribution in [3.8, 4) is 0 Å². The molecular formula is C13H21Si. The first-order valence-corrected chi connectivity index (χ1v) is 8.84. The number of hydrogen-bond acceptors (Lipinski definition) is 0. The Kier molecular flexibility index (Phi) is 4.40. The zero-order valence-corrected chi connectivity index (χ0v) is 10.6. The predicted molar refractivity (Wildman–Crippen MR) is 66.7 cm³/mol. The first-order valence-electron chi connectivity index (χ1n) is 5.63. The molecule has 77 valence electrons. The Hall–Kier alpha value is -0.563. The molecule has 0 aliphatic carbocycles. The van der Waals surface area contributed by atoms with Crippen molar-refractivity contribution in [2.24, 2.45) is 0 Å². The zero-order valence-electron chi connectivity index (χ0n) is 9.64. The van der Waals surface area contributed by atoms with Crippen LogP contribution in [0.1, 0.15) is 26.2 Å². The third-order valence-electron chi connectivity index (χ3n) is 2.91. The number of rotatable bonds is 5. The molecule has 0 saturated heterocycles. The van der Waals surface area contributed by atoms with Crippen molar-refractivity contribution in [1.29, 1.82) is 0 Å². The van der Waals surface area contributed by atoms with Crippen LogP contribution in [0.2, 0.25) is 19.1 Å². The summed E-state index contributed by atoms with van der Waals surface area (Å²) in [5.41, 5.74) is 0. The summed E-state index contributed by atoms with van der Waals surface area (Å²) >= 11 is 0. The lowest BCUT2D eigenvalue weighted by atomic mass is 10.3. The fourth-order valence-electron chi connectivity index (χ4n) is 1.80. The van der Waals surface area contributed by atoms with E-state index in [9.17, 15) is 0 Å². The van der Waals surface area contributed by atoms with E-state index in [1.165, 1.54) is 25.3 Å². The first kappa shape index (κ1) is 11.5. The van der Waals surface area contributed by atoms with E-state index in [0.29, 0.717) is 0 Å². The Morgan fingerprint density at radius 2 is 1.79 bits per heavy atom. The second-order valence-electron chi connectivity index (χ2n) is 4.63. The highest BCUT2D eigenvalue weighted by atomic mass is 28.3. The summed E-state index contributed by atoms with van der Waals surface area (Å²) in [5, 5.41) is 1.58. The SMILES string of the molecule is CCCCC[Si](C)(C)c1cc[c]cc1. The summed E-state index contributed by atoms with van der Waals surface area (Å²) in [7, 11) is -1.14. The highest BCUT2D eigenvalue weighted by Crippen LogP contribution is 2.14. The van der Waals surface area contributed by atoms with Crippen LogP contribution in [0, 0.1) is 6.07 Å². The highest BCUT2D eigenvalue weighted by molar-refractivity contribution is 6.89. The minimum atomic E-state index is -1.14. The van der Waals surface area contributed by atoms with Crippen LogP contribution in [0.5, 0.6) is 0 Å². The Bertz CT molecular complexity index is 251. The van der Waals surface area contributed by atoms with Crippen LogP contribution in [0.4, 0.5) is 0 Å². The van der Waals surface area contributed by atoms with E-state index >= 15 is 0 Å². The molecule has 0 aromatic heterocycles. The Morgan fingerprint density at radius 3 is 2.36 bits per heavy atom. The van der Waals surface area contributed by atoms with Crippen molar-refractivity contribution >= 4 is 13.3 Å². The lowest BCUT2D eigenvalue weighted by Gasteiger charge is -2.22. The lowest BCUT2D eigenvalue weighted by molar-refractivity contribution is 0.764. The highest BCUT2D eigenvalue weighted by Gasteiger charge is 2.21.